The molecule has 0 spiro atoms. The number of allylic oxidation sites excluding steroid dienone is 1. The molecule has 2 aromatic rings. The van der Waals surface area contributed by atoms with E-state index in [1.807, 2.05) is 12.1 Å². The second kappa shape index (κ2) is 14.2. The standard InChI is InChI=1S/C40H51N3O8S/c1-4-28-21-40(28,38(47)42-52(48,49)30-13-14-30)22-34(44)33-19-29-23-43(33)37(46)32(26-9-5-6-10-26)20-35(45)50-24-39(2,3)16-7-8-25-11-12-27-15-17-41-36(51-29)31(27)18-25/h4,11-12,15,17-18,26,28-30,32-33H,1,5-10,13-14,16,19-24H2,2-3H3,(H,42,47)/t28-,29+,32-,33-,40+/m0/s1. The van der Waals surface area contributed by atoms with Crippen molar-refractivity contribution in [2.45, 2.75) is 115 Å². The molecule has 3 saturated carbocycles. The van der Waals surface area contributed by atoms with Crippen LogP contribution in [0.25, 0.3) is 10.8 Å². The summed E-state index contributed by atoms with van der Waals surface area (Å²) in [6.07, 6.45) is 9.99. The van der Waals surface area contributed by atoms with Crippen LogP contribution in [0.15, 0.2) is 43.1 Å². The number of carbonyl (C=O) groups excluding carboxylic acids is 4. The summed E-state index contributed by atoms with van der Waals surface area (Å²) in [5, 5.41) is 1.23. The van der Waals surface area contributed by atoms with Crippen LogP contribution in [-0.4, -0.2) is 72.4 Å². The lowest BCUT2D eigenvalue weighted by atomic mass is 9.85. The number of benzene rings is 1. The van der Waals surface area contributed by atoms with Crippen molar-refractivity contribution in [2.24, 2.45) is 28.6 Å². The van der Waals surface area contributed by atoms with Gasteiger partial charge in [0.25, 0.3) is 0 Å². The first-order valence-electron chi connectivity index (χ1n) is 19.0. The zero-order valence-electron chi connectivity index (χ0n) is 30.3. The average molecular weight is 734 g/mol. The molecule has 1 N–H and O–H groups in total. The normalized spacial score (nSPS) is 29.9. The van der Waals surface area contributed by atoms with E-state index in [9.17, 15) is 27.6 Å². The van der Waals surface area contributed by atoms with E-state index in [0.29, 0.717) is 25.1 Å². The maximum Gasteiger partial charge on any atom is 0.306 e. The molecule has 1 aromatic carbocycles. The Hall–Kier alpha value is -3.80. The SMILES string of the molecule is C=C[C@H]1C[C@]1(CC(=O)[C@@H]1C[C@@H]2CN1C(=O)[C@H](C1CCCC1)CC(=O)OCC(C)(C)CCCc1ccc3ccnc(c3c1)O2)C(=O)NS(=O)(=O)C1CC1. The first-order chi connectivity index (χ1) is 24.8. The van der Waals surface area contributed by atoms with E-state index < -0.39 is 50.6 Å². The lowest BCUT2D eigenvalue weighted by Gasteiger charge is -2.31. The number of rotatable bonds is 8. The number of sulfonamides is 1. The summed E-state index contributed by atoms with van der Waals surface area (Å²) in [4.78, 5) is 62.3. The lowest BCUT2D eigenvalue weighted by molar-refractivity contribution is -0.153. The predicted molar refractivity (Wildman–Crippen MR) is 194 cm³/mol. The van der Waals surface area contributed by atoms with E-state index in [2.05, 4.69) is 42.3 Å². The highest BCUT2D eigenvalue weighted by Gasteiger charge is 2.61. The van der Waals surface area contributed by atoms with Crippen LogP contribution in [0.1, 0.15) is 96.5 Å². The summed E-state index contributed by atoms with van der Waals surface area (Å²) in [5.41, 5.74) is -0.383. The van der Waals surface area contributed by atoms with E-state index in [1.54, 1.807) is 17.2 Å². The van der Waals surface area contributed by atoms with Crippen molar-refractivity contribution in [3.63, 3.8) is 0 Å². The van der Waals surface area contributed by atoms with E-state index in [4.69, 9.17) is 9.47 Å². The maximum atomic E-state index is 14.7. The minimum Gasteiger partial charge on any atom is -0.472 e. The second-order valence-electron chi connectivity index (χ2n) is 16.7. The van der Waals surface area contributed by atoms with Crippen LogP contribution >= 0.6 is 0 Å². The summed E-state index contributed by atoms with van der Waals surface area (Å²) in [7, 11) is -3.83. The van der Waals surface area contributed by atoms with Crippen molar-refractivity contribution in [3.05, 3.63) is 48.7 Å². The number of amides is 2. The van der Waals surface area contributed by atoms with E-state index in [1.165, 1.54) is 0 Å². The van der Waals surface area contributed by atoms with Crippen molar-refractivity contribution < 1.29 is 37.1 Å². The van der Waals surface area contributed by atoms with Gasteiger partial charge in [0.2, 0.25) is 27.7 Å². The molecule has 3 heterocycles. The number of Topliss-reactive ketones (excluding diaryl/α,β-unsaturated/α-hetero) is 1. The van der Waals surface area contributed by atoms with Crippen molar-refractivity contribution in [3.8, 4) is 5.88 Å². The molecule has 5 aliphatic rings. The van der Waals surface area contributed by atoms with Gasteiger partial charge in [0.15, 0.2) is 5.78 Å². The Morgan fingerprint density at radius 2 is 1.87 bits per heavy atom. The van der Waals surface area contributed by atoms with Crippen molar-refractivity contribution in [1.29, 1.82) is 0 Å². The Morgan fingerprint density at radius 3 is 2.58 bits per heavy atom. The fourth-order valence-electron chi connectivity index (χ4n) is 8.72. The number of ether oxygens (including phenoxy) is 2. The van der Waals surface area contributed by atoms with Gasteiger partial charge >= 0.3 is 5.97 Å². The molecule has 2 aliphatic heterocycles. The Labute approximate surface area is 306 Å². The molecule has 12 heteroatoms. The number of fused-ring (bicyclic) bond motifs is 3. The summed E-state index contributed by atoms with van der Waals surface area (Å²) in [6.45, 7) is 8.36. The quantitative estimate of drug-likeness (QED) is 0.276. The van der Waals surface area contributed by atoms with E-state index in [-0.39, 0.29) is 61.4 Å². The molecular formula is C40H51N3O8S. The molecule has 2 amide bonds. The van der Waals surface area contributed by atoms with Gasteiger partial charge in [-0.3, -0.25) is 23.9 Å². The average Bonchev–Trinajstić information content (AvgIpc) is 3.98. The van der Waals surface area contributed by atoms with Crippen LogP contribution in [0.2, 0.25) is 0 Å². The third-order valence-electron chi connectivity index (χ3n) is 12.2. The number of pyridine rings is 1. The molecular weight excluding hydrogens is 683 g/mol. The van der Waals surface area contributed by atoms with E-state index >= 15 is 0 Å². The van der Waals surface area contributed by atoms with Gasteiger partial charge in [-0.1, -0.05) is 44.9 Å². The second-order valence-corrected chi connectivity index (χ2v) is 18.7. The van der Waals surface area contributed by atoms with Gasteiger partial charge in [-0.05, 0) is 91.7 Å². The zero-order chi connectivity index (χ0) is 36.8. The van der Waals surface area contributed by atoms with Gasteiger partial charge in [0.1, 0.15) is 6.10 Å². The number of aryl methyl sites for hydroxylation is 1. The van der Waals surface area contributed by atoms with Crippen LogP contribution in [0.5, 0.6) is 5.88 Å². The molecule has 4 bridgehead atoms. The molecule has 1 saturated heterocycles. The molecule has 1 aromatic heterocycles. The smallest absolute Gasteiger partial charge is 0.306 e. The first kappa shape index (κ1) is 36.6. The maximum absolute atomic E-state index is 14.7. The Kier molecular flexibility index (Phi) is 9.99. The molecule has 4 fully saturated rings. The fourth-order valence-corrected chi connectivity index (χ4v) is 10.1. The molecule has 11 nitrogen and oxygen atoms in total. The van der Waals surface area contributed by atoms with Crippen LogP contribution < -0.4 is 9.46 Å². The number of aromatic nitrogens is 1. The third-order valence-corrected chi connectivity index (χ3v) is 14.0. The predicted octanol–water partition coefficient (Wildman–Crippen LogP) is 5.45. The highest BCUT2D eigenvalue weighted by atomic mass is 32.2. The monoisotopic (exact) mass is 733 g/mol. The third kappa shape index (κ3) is 7.63. The van der Waals surface area contributed by atoms with Gasteiger partial charge in [-0.25, -0.2) is 13.4 Å². The lowest BCUT2D eigenvalue weighted by Crippen LogP contribution is -2.47. The number of cyclic esters (lactones) is 1. The van der Waals surface area contributed by atoms with Gasteiger partial charge in [-0.15, -0.1) is 6.58 Å². The van der Waals surface area contributed by atoms with Gasteiger partial charge in [-0.2, -0.15) is 0 Å². The molecule has 0 unspecified atom stereocenters. The first-order valence-corrected chi connectivity index (χ1v) is 20.5. The number of nitrogens with zero attached hydrogens (tertiary/aromatic N) is 2. The highest BCUT2D eigenvalue weighted by Crippen LogP contribution is 2.57. The van der Waals surface area contributed by atoms with Crippen molar-refractivity contribution in [1.82, 2.24) is 14.6 Å². The Balaban J connectivity index is 1.21. The molecule has 3 aliphatic carbocycles. The van der Waals surface area contributed by atoms with Crippen LogP contribution in [0, 0.1) is 28.6 Å². The number of esters is 1. The van der Waals surface area contributed by atoms with Crippen LogP contribution in [-0.2, 0) is 40.4 Å². The zero-order valence-corrected chi connectivity index (χ0v) is 31.1. The largest absolute Gasteiger partial charge is 0.472 e. The topological polar surface area (TPSA) is 149 Å². The number of carbonyl (C=O) groups is 4. The van der Waals surface area contributed by atoms with Gasteiger partial charge in [0, 0.05) is 24.4 Å². The molecule has 52 heavy (non-hydrogen) atoms. The van der Waals surface area contributed by atoms with E-state index in [0.717, 1.165) is 61.3 Å². The highest BCUT2D eigenvalue weighted by molar-refractivity contribution is 7.90. The summed E-state index contributed by atoms with van der Waals surface area (Å²) >= 11 is 0. The van der Waals surface area contributed by atoms with Crippen LogP contribution in [0.3, 0.4) is 0 Å². The Morgan fingerprint density at radius 1 is 1.10 bits per heavy atom. The van der Waals surface area contributed by atoms with Crippen molar-refractivity contribution >= 4 is 44.4 Å². The summed E-state index contributed by atoms with van der Waals surface area (Å²) < 4.78 is 40.2. The summed E-state index contributed by atoms with van der Waals surface area (Å²) in [5.74, 6) is -2.36. The minimum atomic E-state index is -3.83. The molecule has 280 valence electrons. The van der Waals surface area contributed by atoms with Crippen molar-refractivity contribution in [2.75, 3.05) is 13.2 Å². The molecule has 0 radical (unpaired) electrons. The van der Waals surface area contributed by atoms with Gasteiger partial charge < -0.3 is 14.4 Å². The Bertz CT molecular complexity index is 1870. The summed E-state index contributed by atoms with van der Waals surface area (Å²) in [6, 6.07) is 7.23. The fraction of sp³-hybridized carbons (Fsp3) is 0.625. The number of ketones is 1. The number of hydrogen-bond acceptors (Lipinski definition) is 9. The number of nitrogens with one attached hydrogen (secondary N) is 1. The minimum absolute atomic E-state index is 0.0224. The molecule has 5 atom stereocenters. The number of hydrogen-bond donors (Lipinski definition) is 1. The van der Waals surface area contributed by atoms with Crippen LogP contribution in [0.4, 0.5) is 0 Å². The van der Waals surface area contributed by atoms with Gasteiger partial charge in [0.05, 0.1) is 42.2 Å². The molecule has 7 rings (SSSR count).